The molecule has 24 heavy (non-hydrogen) atoms. The molecule has 2 atom stereocenters. The monoisotopic (exact) mass is 342 g/mol. The molecule has 0 unspecified atom stereocenters. The molecule has 0 bridgehead atoms. The summed E-state index contributed by atoms with van der Waals surface area (Å²) in [5, 5.41) is 28.2. The van der Waals surface area contributed by atoms with Crippen LogP contribution in [-0.4, -0.2) is 33.5 Å². The van der Waals surface area contributed by atoms with E-state index in [1.54, 1.807) is 12.2 Å². The molecule has 0 amide bonds. The third-order valence-corrected chi connectivity index (χ3v) is 4.30. The Morgan fingerprint density at radius 1 is 0.750 bits per heavy atom. The van der Waals surface area contributed by atoms with E-state index in [2.05, 4.69) is 6.92 Å². The zero-order valence-corrected chi connectivity index (χ0v) is 15.5. The summed E-state index contributed by atoms with van der Waals surface area (Å²) < 4.78 is 0. The van der Waals surface area contributed by atoms with Crippen LogP contribution in [0.3, 0.4) is 0 Å². The molecule has 142 valence electrons. The Bertz CT molecular complexity index is 315. The van der Waals surface area contributed by atoms with E-state index in [1.165, 1.54) is 44.9 Å². The molecule has 0 spiro atoms. The molecule has 3 N–H and O–H groups in total. The van der Waals surface area contributed by atoms with E-state index in [1.807, 2.05) is 0 Å². The number of carboxylic acid groups (broad SMARTS) is 1. The standard InChI is InChI=1S/C20H38O4/c1-2-3-4-5-6-7-8-10-13-18(21)16-17-19(22)14-11-9-12-15-20(23)24/h16-19,21-22H,2-15H2,1H3,(H,23,24)/b17-16+/t18-,19+/m1/s1. The summed E-state index contributed by atoms with van der Waals surface area (Å²) in [5.41, 5.74) is 0. The first-order chi connectivity index (χ1) is 11.6. The highest BCUT2D eigenvalue weighted by Gasteiger charge is 2.03. The highest BCUT2D eigenvalue weighted by molar-refractivity contribution is 5.66. The van der Waals surface area contributed by atoms with Crippen LogP contribution in [0.5, 0.6) is 0 Å². The summed E-state index contributed by atoms with van der Waals surface area (Å²) in [4.78, 5) is 10.4. The number of hydrogen-bond donors (Lipinski definition) is 3. The number of carbonyl (C=O) groups is 1. The maximum atomic E-state index is 10.4. The summed E-state index contributed by atoms with van der Waals surface area (Å²) in [6.07, 6.45) is 16.3. The van der Waals surface area contributed by atoms with Gasteiger partial charge >= 0.3 is 5.97 Å². The minimum atomic E-state index is -0.764. The second-order valence-corrected chi connectivity index (χ2v) is 6.78. The van der Waals surface area contributed by atoms with Gasteiger partial charge in [0.05, 0.1) is 12.2 Å². The van der Waals surface area contributed by atoms with E-state index < -0.39 is 18.2 Å². The number of unbranched alkanes of at least 4 members (excludes halogenated alkanes) is 9. The normalized spacial score (nSPS) is 14.1. The van der Waals surface area contributed by atoms with Gasteiger partial charge in [0, 0.05) is 6.42 Å². The molecule has 4 heteroatoms. The largest absolute Gasteiger partial charge is 0.481 e. The molecule has 0 saturated carbocycles. The highest BCUT2D eigenvalue weighted by Crippen LogP contribution is 2.12. The van der Waals surface area contributed by atoms with Crippen molar-refractivity contribution < 1.29 is 20.1 Å². The summed E-state index contributed by atoms with van der Waals surface area (Å²) in [6, 6.07) is 0. The van der Waals surface area contributed by atoms with Crippen LogP contribution in [0.2, 0.25) is 0 Å². The Labute approximate surface area is 148 Å². The van der Waals surface area contributed by atoms with Crippen LogP contribution in [0, 0.1) is 0 Å². The van der Waals surface area contributed by atoms with Gasteiger partial charge in [0.2, 0.25) is 0 Å². The summed E-state index contributed by atoms with van der Waals surface area (Å²) in [5.74, 6) is -0.764. The van der Waals surface area contributed by atoms with Crippen molar-refractivity contribution in [1.82, 2.24) is 0 Å². The minimum absolute atomic E-state index is 0.198. The predicted octanol–water partition coefficient (Wildman–Crippen LogP) is 4.83. The molecular weight excluding hydrogens is 304 g/mol. The van der Waals surface area contributed by atoms with Crippen molar-refractivity contribution in [3.8, 4) is 0 Å². The van der Waals surface area contributed by atoms with Crippen molar-refractivity contribution in [2.45, 2.75) is 109 Å². The number of carboxylic acids is 1. The summed E-state index contributed by atoms with van der Waals surface area (Å²) in [6.45, 7) is 2.23. The van der Waals surface area contributed by atoms with Gasteiger partial charge in [-0.1, -0.05) is 83.3 Å². The van der Waals surface area contributed by atoms with Crippen LogP contribution in [0.25, 0.3) is 0 Å². The van der Waals surface area contributed by atoms with Gasteiger partial charge in [-0.3, -0.25) is 4.79 Å². The zero-order chi connectivity index (χ0) is 18.0. The molecule has 0 aromatic rings. The van der Waals surface area contributed by atoms with Crippen molar-refractivity contribution in [2.75, 3.05) is 0 Å². The maximum Gasteiger partial charge on any atom is 0.303 e. The van der Waals surface area contributed by atoms with Crippen molar-refractivity contribution in [2.24, 2.45) is 0 Å². The van der Waals surface area contributed by atoms with Crippen LogP contribution >= 0.6 is 0 Å². The van der Waals surface area contributed by atoms with Crippen molar-refractivity contribution in [3.63, 3.8) is 0 Å². The van der Waals surface area contributed by atoms with E-state index in [9.17, 15) is 15.0 Å². The molecular formula is C20H38O4. The second kappa shape index (κ2) is 17.0. The van der Waals surface area contributed by atoms with E-state index in [0.717, 1.165) is 25.7 Å². The Kier molecular flexibility index (Phi) is 16.4. The third kappa shape index (κ3) is 17.5. The fourth-order valence-corrected chi connectivity index (χ4v) is 2.74. The molecule has 0 aliphatic heterocycles. The molecule has 0 aromatic carbocycles. The maximum absolute atomic E-state index is 10.4. The Morgan fingerprint density at radius 3 is 1.62 bits per heavy atom. The van der Waals surface area contributed by atoms with E-state index in [4.69, 9.17) is 5.11 Å². The fourth-order valence-electron chi connectivity index (χ4n) is 2.74. The molecule has 0 aliphatic rings. The highest BCUT2D eigenvalue weighted by atomic mass is 16.4. The molecule has 0 radical (unpaired) electrons. The SMILES string of the molecule is CCCCCCCCCC[C@@H](O)/C=C/[C@@H](O)CCCCCC(=O)O. The number of rotatable bonds is 17. The van der Waals surface area contributed by atoms with Crippen LogP contribution < -0.4 is 0 Å². The number of aliphatic hydroxyl groups excluding tert-OH is 2. The van der Waals surface area contributed by atoms with Crippen LogP contribution in [0.15, 0.2) is 12.2 Å². The Morgan fingerprint density at radius 2 is 1.17 bits per heavy atom. The Balaban J connectivity index is 3.48. The smallest absolute Gasteiger partial charge is 0.303 e. The lowest BCUT2D eigenvalue weighted by molar-refractivity contribution is -0.137. The summed E-state index contributed by atoms with van der Waals surface area (Å²) >= 11 is 0. The van der Waals surface area contributed by atoms with Gasteiger partial charge in [0.15, 0.2) is 0 Å². The van der Waals surface area contributed by atoms with E-state index in [0.29, 0.717) is 12.8 Å². The minimum Gasteiger partial charge on any atom is -0.481 e. The molecule has 0 fully saturated rings. The van der Waals surface area contributed by atoms with Gasteiger partial charge in [-0.2, -0.15) is 0 Å². The zero-order valence-electron chi connectivity index (χ0n) is 15.5. The first kappa shape index (κ1) is 23.1. The Hall–Kier alpha value is -0.870. The molecule has 0 aromatic heterocycles. The molecule has 4 nitrogen and oxygen atoms in total. The number of aliphatic carboxylic acids is 1. The number of aliphatic hydroxyl groups is 2. The fraction of sp³-hybridized carbons (Fsp3) is 0.850. The predicted molar refractivity (Wildman–Crippen MR) is 99.1 cm³/mol. The molecule has 0 heterocycles. The first-order valence-electron chi connectivity index (χ1n) is 9.82. The van der Waals surface area contributed by atoms with Gasteiger partial charge in [0.25, 0.3) is 0 Å². The molecule has 0 rings (SSSR count). The van der Waals surface area contributed by atoms with Crippen LogP contribution in [0.4, 0.5) is 0 Å². The van der Waals surface area contributed by atoms with Gasteiger partial charge in [-0.15, -0.1) is 0 Å². The van der Waals surface area contributed by atoms with Gasteiger partial charge < -0.3 is 15.3 Å². The van der Waals surface area contributed by atoms with Gasteiger partial charge in [-0.25, -0.2) is 0 Å². The van der Waals surface area contributed by atoms with E-state index >= 15 is 0 Å². The van der Waals surface area contributed by atoms with Gasteiger partial charge in [0.1, 0.15) is 0 Å². The average Bonchev–Trinajstić information content (AvgIpc) is 2.54. The lowest BCUT2D eigenvalue weighted by Gasteiger charge is -2.08. The quantitative estimate of drug-likeness (QED) is 0.261. The molecule has 0 saturated heterocycles. The lowest BCUT2D eigenvalue weighted by Crippen LogP contribution is -2.07. The van der Waals surface area contributed by atoms with Crippen LogP contribution in [-0.2, 0) is 4.79 Å². The van der Waals surface area contributed by atoms with Crippen molar-refractivity contribution >= 4 is 5.97 Å². The van der Waals surface area contributed by atoms with Crippen molar-refractivity contribution in [1.29, 1.82) is 0 Å². The van der Waals surface area contributed by atoms with E-state index in [-0.39, 0.29) is 6.42 Å². The van der Waals surface area contributed by atoms with Crippen LogP contribution in [0.1, 0.15) is 96.8 Å². The average molecular weight is 343 g/mol. The second-order valence-electron chi connectivity index (χ2n) is 6.78. The van der Waals surface area contributed by atoms with Crippen molar-refractivity contribution in [3.05, 3.63) is 12.2 Å². The summed E-state index contributed by atoms with van der Waals surface area (Å²) in [7, 11) is 0. The topological polar surface area (TPSA) is 77.8 Å². The van der Waals surface area contributed by atoms with Gasteiger partial charge in [-0.05, 0) is 19.3 Å². The first-order valence-corrected chi connectivity index (χ1v) is 9.82. The molecule has 0 aliphatic carbocycles. The third-order valence-electron chi connectivity index (χ3n) is 4.30. The lowest BCUT2D eigenvalue weighted by atomic mass is 10.0. The number of hydrogen-bond acceptors (Lipinski definition) is 3.